The quantitative estimate of drug-likeness (QED) is 0.828. The fourth-order valence-corrected chi connectivity index (χ4v) is 3.15. The number of aromatic nitrogens is 1. The molecule has 0 aliphatic carbocycles. The Balaban J connectivity index is 2.98. The zero-order valence-electron chi connectivity index (χ0n) is 11.3. The molecule has 0 saturated heterocycles. The molecular formula is C12H21N3O2S. The number of anilines is 1. The summed E-state index contributed by atoms with van der Waals surface area (Å²) in [5.74, 6) is 0.797. The van der Waals surface area contributed by atoms with E-state index in [4.69, 9.17) is 0 Å². The zero-order valence-corrected chi connectivity index (χ0v) is 12.1. The van der Waals surface area contributed by atoms with Crippen molar-refractivity contribution in [1.82, 2.24) is 9.71 Å². The molecule has 0 aliphatic rings. The smallest absolute Gasteiger partial charge is 0.241 e. The molecule has 0 aliphatic heterocycles. The first-order chi connectivity index (χ1) is 8.40. The van der Waals surface area contributed by atoms with Crippen LogP contribution in [0.1, 0.15) is 27.2 Å². The molecule has 1 aromatic rings. The largest absolute Gasteiger partial charge is 0.373 e. The molecule has 6 heteroatoms. The Morgan fingerprint density at radius 3 is 2.56 bits per heavy atom. The number of sulfonamides is 1. The second kappa shape index (κ2) is 6.15. The van der Waals surface area contributed by atoms with Crippen LogP contribution in [0.2, 0.25) is 0 Å². The maximum absolute atomic E-state index is 12.2. The molecule has 2 N–H and O–H groups in total. The van der Waals surface area contributed by atoms with E-state index < -0.39 is 10.0 Å². The molecule has 0 saturated carbocycles. The molecule has 1 atom stereocenters. The van der Waals surface area contributed by atoms with Crippen LogP contribution >= 0.6 is 0 Å². The van der Waals surface area contributed by atoms with Gasteiger partial charge in [-0.3, -0.25) is 0 Å². The van der Waals surface area contributed by atoms with E-state index in [-0.39, 0.29) is 16.9 Å². The van der Waals surface area contributed by atoms with Crippen LogP contribution in [0.25, 0.3) is 0 Å². The highest BCUT2D eigenvalue weighted by atomic mass is 32.2. The molecule has 0 spiro atoms. The summed E-state index contributed by atoms with van der Waals surface area (Å²) in [6.07, 6.45) is 2.25. The molecule has 1 unspecified atom stereocenters. The van der Waals surface area contributed by atoms with E-state index in [0.717, 1.165) is 6.42 Å². The van der Waals surface area contributed by atoms with Crippen molar-refractivity contribution in [1.29, 1.82) is 0 Å². The minimum atomic E-state index is -3.48. The molecule has 0 bridgehead atoms. The van der Waals surface area contributed by atoms with E-state index >= 15 is 0 Å². The molecule has 1 aromatic heterocycles. The van der Waals surface area contributed by atoms with Crippen LogP contribution in [-0.2, 0) is 10.0 Å². The Labute approximate surface area is 109 Å². The van der Waals surface area contributed by atoms with Crippen molar-refractivity contribution in [2.75, 3.05) is 12.4 Å². The monoisotopic (exact) mass is 271 g/mol. The number of pyridine rings is 1. The van der Waals surface area contributed by atoms with Crippen LogP contribution in [-0.4, -0.2) is 26.5 Å². The van der Waals surface area contributed by atoms with Crippen molar-refractivity contribution in [2.45, 2.75) is 38.1 Å². The van der Waals surface area contributed by atoms with Gasteiger partial charge in [0, 0.05) is 25.4 Å². The number of nitrogens with one attached hydrogen (secondary N) is 2. The summed E-state index contributed by atoms with van der Waals surface area (Å²) in [5, 5.41) is 2.83. The van der Waals surface area contributed by atoms with E-state index in [1.807, 2.05) is 20.8 Å². The highest BCUT2D eigenvalue weighted by Gasteiger charge is 2.21. The molecule has 1 heterocycles. The van der Waals surface area contributed by atoms with Gasteiger partial charge in [-0.05, 0) is 18.4 Å². The van der Waals surface area contributed by atoms with Gasteiger partial charge in [-0.1, -0.05) is 20.8 Å². The SMILES string of the molecule is CCC(NS(=O)(=O)c1ccnc(NC)c1)C(C)C. The van der Waals surface area contributed by atoms with Crippen molar-refractivity contribution < 1.29 is 8.42 Å². The van der Waals surface area contributed by atoms with Gasteiger partial charge in [0.25, 0.3) is 0 Å². The number of nitrogens with zero attached hydrogens (tertiary/aromatic N) is 1. The van der Waals surface area contributed by atoms with Crippen molar-refractivity contribution in [3.8, 4) is 0 Å². The third kappa shape index (κ3) is 3.68. The molecule has 102 valence electrons. The fraction of sp³-hybridized carbons (Fsp3) is 0.583. The molecule has 0 fully saturated rings. The summed E-state index contributed by atoms with van der Waals surface area (Å²) in [6, 6.07) is 2.97. The van der Waals surface area contributed by atoms with Crippen LogP contribution in [0.3, 0.4) is 0 Å². The molecule has 0 amide bonds. The lowest BCUT2D eigenvalue weighted by molar-refractivity contribution is 0.437. The normalized spacial score (nSPS) is 13.6. The predicted octanol–water partition coefficient (Wildman–Crippen LogP) is 1.84. The highest BCUT2D eigenvalue weighted by Crippen LogP contribution is 2.15. The van der Waals surface area contributed by atoms with Gasteiger partial charge in [0.05, 0.1) is 4.90 Å². The topological polar surface area (TPSA) is 71.1 Å². The zero-order chi connectivity index (χ0) is 13.8. The standard InChI is InChI=1S/C12H21N3O2S/c1-5-11(9(2)3)15-18(16,17)10-6-7-14-12(8-10)13-4/h6-9,11,15H,5H2,1-4H3,(H,13,14). The third-order valence-corrected chi connectivity index (χ3v) is 4.34. The van der Waals surface area contributed by atoms with Gasteiger partial charge in [-0.2, -0.15) is 0 Å². The van der Waals surface area contributed by atoms with Crippen LogP contribution in [0.5, 0.6) is 0 Å². The maximum atomic E-state index is 12.2. The van der Waals surface area contributed by atoms with Crippen molar-refractivity contribution in [2.24, 2.45) is 5.92 Å². The van der Waals surface area contributed by atoms with Gasteiger partial charge in [0.1, 0.15) is 5.82 Å². The second-order valence-corrected chi connectivity index (χ2v) is 6.22. The predicted molar refractivity (Wildman–Crippen MR) is 73.0 cm³/mol. The summed E-state index contributed by atoms with van der Waals surface area (Å²) in [6.45, 7) is 5.98. The first-order valence-corrected chi connectivity index (χ1v) is 7.55. The Kier molecular flexibility index (Phi) is 5.10. The molecular weight excluding hydrogens is 250 g/mol. The first kappa shape index (κ1) is 14.9. The van der Waals surface area contributed by atoms with Gasteiger partial charge in [0.2, 0.25) is 10.0 Å². The van der Waals surface area contributed by atoms with Crippen molar-refractivity contribution >= 4 is 15.8 Å². The van der Waals surface area contributed by atoms with E-state index in [9.17, 15) is 8.42 Å². The number of hydrogen-bond donors (Lipinski definition) is 2. The average molecular weight is 271 g/mol. The van der Waals surface area contributed by atoms with Gasteiger partial charge in [-0.15, -0.1) is 0 Å². The lowest BCUT2D eigenvalue weighted by Gasteiger charge is -2.20. The van der Waals surface area contributed by atoms with E-state index in [0.29, 0.717) is 5.82 Å². The van der Waals surface area contributed by atoms with Gasteiger partial charge < -0.3 is 5.32 Å². The van der Waals surface area contributed by atoms with Gasteiger partial charge in [-0.25, -0.2) is 18.1 Å². The maximum Gasteiger partial charge on any atom is 0.241 e. The third-order valence-electron chi connectivity index (χ3n) is 2.85. The van der Waals surface area contributed by atoms with Crippen LogP contribution in [0.15, 0.2) is 23.2 Å². The highest BCUT2D eigenvalue weighted by molar-refractivity contribution is 7.89. The molecule has 5 nitrogen and oxygen atoms in total. The van der Waals surface area contributed by atoms with Crippen molar-refractivity contribution in [3.63, 3.8) is 0 Å². The Hall–Kier alpha value is -1.14. The van der Waals surface area contributed by atoms with Crippen LogP contribution in [0.4, 0.5) is 5.82 Å². The molecule has 0 aromatic carbocycles. The Morgan fingerprint density at radius 1 is 1.39 bits per heavy atom. The Bertz CT molecular complexity index is 486. The number of rotatable bonds is 6. The lowest BCUT2D eigenvalue weighted by Crippen LogP contribution is -2.37. The summed E-state index contributed by atoms with van der Waals surface area (Å²) >= 11 is 0. The first-order valence-electron chi connectivity index (χ1n) is 6.06. The second-order valence-electron chi connectivity index (χ2n) is 4.51. The summed E-state index contributed by atoms with van der Waals surface area (Å²) in [7, 11) is -1.78. The summed E-state index contributed by atoms with van der Waals surface area (Å²) < 4.78 is 27.1. The van der Waals surface area contributed by atoms with Crippen LogP contribution in [0, 0.1) is 5.92 Å². The van der Waals surface area contributed by atoms with E-state index in [1.54, 1.807) is 7.05 Å². The number of hydrogen-bond acceptors (Lipinski definition) is 4. The summed E-state index contributed by atoms with van der Waals surface area (Å²) in [5.41, 5.74) is 0. The average Bonchev–Trinajstić information content (AvgIpc) is 2.35. The fourth-order valence-electron chi connectivity index (χ4n) is 1.67. The lowest BCUT2D eigenvalue weighted by atomic mass is 10.0. The summed E-state index contributed by atoms with van der Waals surface area (Å²) in [4.78, 5) is 4.24. The molecule has 18 heavy (non-hydrogen) atoms. The van der Waals surface area contributed by atoms with Crippen molar-refractivity contribution in [3.05, 3.63) is 18.3 Å². The van der Waals surface area contributed by atoms with E-state index in [1.165, 1.54) is 18.3 Å². The van der Waals surface area contributed by atoms with E-state index in [2.05, 4.69) is 15.0 Å². The van der Waals surface area contributed by atoms with Gasteiger partial charge in [0.15, 0.2) is 0 Å². The molecule has 1 rings (SSSR count). The molecule has 0 radical (unpaired) electrons. The minimum Gasteiger partial charge on any atom is -0.373 e. The minimum absolute atomic E-state index is 0.0544. The van der Waals surface area contributed by atoms with Crippen LogP contribution < -0.4 is 10.0 Å². The Morgan fingerprint density at radius 2 is 2.06 bits per heavy atom. The van der Waals surface area contributed by atoms with Gasteiger partial charge >= 0.3 is 0 Å².